The van der Waals surface area contributed by atoms with E-state index in [0.717, 1.165) is 11.3 Å². The number of aromatic amines is 3. The number of nitrogens with one attached hydrogen (secondary N) is 4. The smallest absolute Gasteiger partial charge is 0.323 e. The number of hydrogen-bond donors (Lipinski definition) is 4. The number of fused-ring (bicyclic) bond motifs is 5. The summed E-state index contributed by atoms with van der Waals surface area (Å²) in [7, 11) is 1.53. The third kappa shape index (κ3) is 3.41. The first-order valence-electron chi connectivity index (χ1n) is 13.3. The van der Waals surface area contributed by atoms with Crippen LogP contribution in [0.5, 0.6) is 5.75 Å². The molecule has 4 N–H and O–H groups in total. The Hall–Kier alpha value is -4.47. The molecule has 2 aliphatic rings. The molecule has 0 aliphatic carbocycles. The molecule has 2 amide bonds. The molecule has 5 aromatic rings. The number of aryl methyl sites for hydroxylation is 1. The zero-order valence-electron chi connectivity index (χ0n) is 23.0. The lowest BCUT2D eigenvalue weighted by Crippen LogP contribution is -2.50. The Morgan fingerprint density at radius 3 is 2.38 bits per heavy atom. The number of halogens is 2. The zero-order valence-corrected chi connectivity index (χ0v) is 24.5. The fraction of sp³-hybridized carbons (Fsp3) is 0.194. The van der Waals surface area contributed by atoms with Crippen molar-refractivity contribution in [1.82, 2.24) is 15.0 Å². The van der Waals surface area contributed by atoms with Gasteiger partial charge in [-0.15, -0.1) is 0 Å². The number of aromatic nitrogens is 3. The van der Waals surface area contributed by atoms with Crippen LogP contribution in [0.15, 0.2) is 53.5 Å². The number of anilines is 2. The number of methoxy groups -OCH3 is 1. The molecule has 11 heteroatoms. The van der Waals surface area contributed by atoms with Crippen molar-refractivity contribution in [3.05, 3.63) is 97.1 Å². The van der Waals surface area contributed by atoms with E-state index in [1.807, 2.05) is 32.9 Å². The maximum absolute atomic E-state index is 14.4. The number of ether oxygens (including phenoxy) is 1. The van der Waals surface area contributed by atoms with E-state index in [-0.39, 0.29) is 23.4 Å². The summed E-state index contributed by atoms with van der Waals surface area (Å²) < 4.78 is 5.70. The molecule has 0 radical (unpaired) electrons. The van der Waals surface area contributed by atoms with Crippen molar-refractivity contribution in [3.8, 4) is 16.9 Å². The molecule has 0 fully saturated rings. The first-order valence-corrected chi connectivity index (χ1v) is 14.1. The summed E-state index contributed by atoms with van der Waals surface area (Å²) in [6.45, 7) is 5.90. The maximum Gasteiger partial charge on any atom is 0.323 e. The molecule has 4 heterocycles. The molecule has 0 saturated heterocycles. The number of nitrogens with zero attached hydrogens (tertiary/aromatic N) is 1. The lowest BCUT2D eigenvalue weighted by atomic mass is 9.80. The summed E-state index contributed by atoms with van der Waals surface area (Å²) in [6.07, 6.45) is 1.68. The van der Waals surface area contributed by atoms with E-state index < -0.39 is 5.54 Å². The predicted molar refractivity (Wildman–Crippen MR) is 163 cm³/mol. The predicted octanol–water partition coefficient (Wildman–Crippen LogP) is 6.45. The van der Waals surface area contributed by atoms with Crippen molar-refractivity contribution >= 4 is 57.4 Å². The Morgan fingerprint density at radius 2 is 1.67 bits per heavy atom. The fourth-order valence-electron chi connectivity index (χ4n) is 6.38. The van der Waals surface area contributed by atoms with E-state index in [0.29, 0.717) is 66.0 Å². The van der Waals surface area contributed by atoms with Crippen molar-refractivity contribution in [2.75, 3.05) is 17.3 Å². The normalized spacial score (nSPS) is 17.5. The van der Waals surface area contributed by atoms with Gasteiger partial charge in [0.15, 0.2) is 5.54 Å². The molecule has 3 aromatic carbocycles. The highest BCUT2D eigenvalue weighted by Gasteiger charge is 2.63. The Morgan fingerprint density at radius 1 is 0.929 bits per heavy atom. The number of benzene rings is 3. The zero-order chi connectivity index (χ0) is 29.7. The van der Waals surface area contributed by atoms with Crippen LogP contribution in [0.2, 0.25) is 10.0 Å². The second kappa shape index (κ2) is 9.01. The molecule has 7 rings (SSSR count). The van der Waals surface area contributed by atoms with Crippen LogP contribution in [0.25, 0.3) is 22.2 Å². The quantitative estimate of drug-likeness (QED) is 0.189. The molecule has 1 spiro atoms. The largest absolute Gasteiger partial charge is 0.496 e. The summed E-state index contributed by atoms with van der Waals surface area (Å²) in [5, 5.41) is 3.81. The number of amides is 2. The van der Waals surface area contributed by atoms with E-state index in [2.05, 4.69) is 20.3 Å². The van der Waals surface area contributed by atoms with Gasteiger partial charge >= 0.3 is 5.69 Å². The fourth-order valence-corrected chi connectivity index (χ4v) is 6.81. The Balaban J connectivity index is 1.57. The van der Waals surface area contributed by atoms with Gasteiger partial charge in [0.2, 0.25) is 0 Å². The lowest BCUT2D eigenvalue weighted by molar-refractivity contribution is -0.119. The van der Waals surface area contributed by atoms with Gasteiger partial charge in [-0.1, -0.05) is 43.1 Å². The minimum Gasteiger partial charge on any atom is -0.496 e. The molecule has 212 valence electrons. The number of carbonyl (C=O) groups is 2. The van der Waals surface area contributed by atoms with Gasteiger partial charge in [-0.25, -0.2) is 4.79 Å². The van der Waals surface area contributed by atoms with Crippen molar-refractivity contribution < 1.29 is 14.3 Å². The molecule has 1 atom stereocenters. The minimum absolute atomic E-state index is 0.0182. The van der Waals surface area contributed by atoms with Gasteiger partial charge in [-0.05, 0) is 48.7 Å². The number of rotatable bonds is 4. The summed E-state index contributed by atoms with van der Waals surface area (Å²) >= 11 is 13.3. The molecule has 2 aromatic heterocycles. The second-order valence-electron chi connectivity index (χ2n) is 10.9. The summed E-state index contributed by atoms with van der Waals surface area (Å²) in [5.74, 6) is -0.241. The van der Waals surface area contributed by atoms with Gasteiger partial charge in [-0.3, -0.25) is 14.5 Å². The van der Waals surface area contributed by atoms with E-state index in [4.69, 9.17) is 27.9 Å². The molecule has 0 bridgehead atoms. The van der Waals surface area contributed by atoms with Crippen LogP contribution in [0.3, 0.4) is 0 Å². The monoisotopic (exact) mass is 601 g/mol. The van der Waals surface area contributed by atoms with E-state index in [9.17, 15) is 14.4 Å². The van der Waals surface area contributed by atoms with Crippen LogP contribution in [0.4, 0.5) is 11.4 Å². The SMILES string of the molecule is COc1cc2[nH]c(=O)[nH]c2cc1-c1cc2c(cc1Cl)NC(=O)C21c2c(c[nH]c2C(C)C)C(=O)N1c1cc(Cl)ccc1C. The van der Waals surface area contributed by atoms with Crippen molar-refractivity contribution in [1.29, 1.82) is 0 Å². The number of hydrogen-bond acceptors (Lipinski definition) is 4. The molecular formula is C31H25Cl2N5O4. The summed E-state index contributed by atoms with van der Waals surface area (Å²) in [6, 6.07) is 12.3. The Labute approximate surface area is 249 Å². The summed E-state index contributed by atoms with van der Waals surface area (Å²) in [5.41, 5.74) is 4.59. The molecule has 0 saturated carbocycles. The van der Waals surface area contributed by atoms with E-state index in [1.54, 1.807) is 41.4 Å². The van der Waals surface area contributed by atoms with Gasteiger partial charge in [0.1, 0.15) is 5.75 Å². The third-order valence-electron chi connectivity index (χ3n) is 8.23. The Bertz CT molecular complexity index is 2060. The average Bonchev–Trinajstić information content (AvgIpc) is 3.67. The second-order valence-corrected chi connectivity index (χ2v) is 11.8. The molecule has 42 heavy (non-hydrogen) atoms. The molecular weight excluding hydrogens is 577 g/mol. The van der Waals surface area contributed by atoms with Crippen LogP contribution in [-0.4, -0.2) is 33.9 Å². The van der Waals surface area contributed by atoms with Crippen LogP contribution in [0.1, 0.15) is 52.5 Å². The number of imidazole rings is 1. The van der Waals surface area contributed by atoms with E-state index >= 15 is 0 Å². The number of H-pyrrole nitrogens is 3. The highest BCUT2D eigenvalue weighted by atomic mass is 35.5. The van der Waals surface area contributed by atoms with Crippen molar-refractivity contribution in [2.45, 2.75) is 32.2 Å². The number of carbonyl (C=O) groups excluding carboxylic acids is 2. The first kappa shape index (κ1) is 26.4. The van der Waals surface area contributed by atoms with Crippen LogP contribution in [0, 0.1) is 6.92 Å². The first-order chi connectivity index (χ1) is 20.1. The van der Waals surface area contributed by atoms with Gasteiger partial charge < -0.3 is 25.0 Å². The topological polar surface area (TPSA) is 123 Å². The standard InChI is InChI=1S/C31H25Cl2N5O4/c1-13(2)27-26-18(12-34-27)28(39)38(24-7-15(32)6-5-14(24)3)31(26)19-8-16(20(33)10-21(19)35-29(31)40)17-9-22-23(11-25(17)42-4)37-30(41)36-22/h5-13,34H,1-4H3,(H,35,40)(H2,36,37,41). The average molecular weight is 602 g/mol. The van der Waals surface area contributed by atoms with Gasteiger partial charge in [0.25, 0.3) is 11.8 Å². The summed E-state index contributed by atoms with van der Waals surface area (Å²) in [4.78, 5) is 51.1. The molecule has 1 unspecified atom stereocenters. The van der Waals surface area contributed by atoms with Crippen LogP contribution < -0.4 is 20.6 Å². The maximum atomic E-state index is 14.4. The van der Waals surface area contributed by atoms with Gasteiger partial charge in [0, 0.05) is 50.9 Å². The lowest BCUT2D eigenvalue weighted by Gasteiger charge is -2.36. The highest BCUT2D eigenvalue weighted by Crippen LogP contribution is 2.56. The highest BCUT2D eigenvalue weighted by molar-refractivity contribution is 6.35. The Kier molecular flexibility index (Phi) is 5.67. The molecule has 2 aliphatic heterocycles. The minimum atomic E-state index is -1.55. The van der Waals surface area contributed by atoms with Crippen LogP contribution in [-0.2, 0) is 10.3 Å². The molecule has 9 nitrogen and oxygen atoms in total. The van der Waals surface area contributed by atoms with Gasteiger partial charge in [-0.2, -0.15) is 0 Å². The van der Waals surface area contributed by atoms with E-state index in [1.165, 1.54) is 7.11 Å². The van der Waals surface area contributed by atoms with Crippen molar-refractivity contribution in [2.24, 2.45) is 0 Å². The van der Waals surface area contributed by atoms with Crippen LogP contribution >= 0.6 is 23.2 Å². The van der Waals surface area contributed by atoms with Crippen molar-refractivity contribution in [3.63, 3.8) is 0 Å². The van der Waals surface area contributed by atoms with Gasteiger partial charge in [0.05, 0.1) is 34.4 Å². The third-order valence-corrected chi connectivity index (χ3v) is 8.78.